The predicted molar refractivity (Wildman–Crippen MR) is 45.8 cm³/mol. The van der Waals surface area contributed by atoms with E-state index in [-0.39, 0.29) is 0 Å². The lowest BCUT2D eigenvalue weighted by atomic mass is 10.5. The van der Waals surface area contributed by atoms with Crippen LogP contribution in [-0.2, 0) is 11.3 Å². The molecular weight excluding hydrogens is 178 g/mol. The highest BCUT2D eigenvalue weighted by atomic mass is 32.1. The summed E-state index contributed by atoms with van der Waals surface area (Å²) in [4.78, 5) is 14.5. The number of hydrogen-bond acceptors (Lipinski definition) is 5. The van der Waals surface area contributed by atoms with Crippen LogP contribution in [0.5, 0.6) is 0 Å². The lowest BCUT2D eigenvalue weighted by Gasteiger charge is -1.99. The maximum absolute atomic E-state index is 10.6. The third-order valence-electron chi connectivity index (χ3n) is 1.17. The molecular formula is C6H9N3O2S. The van der Waals surface area contributed by atoms with Crippen molar-refractivity contribution in [3.8, 4) is 0 Å². The minimum atomic E-state index is -0.471. The molecule has 1 heterocycles. The summed E-state index contributed by atoms with van der Waals surface area (Å²) >= 11 is 1.34. The Bertz CT molecular complexity index is 274. The van der Waals surface area contributed by atoms with Gasteiger partial charge in [-0.2, -0.15) is 0 Å². The van der Waals surface area contributed by atoms with Crippen LogP contribution in [0.25, 0.3) is 0 Å². The summed E-state index contributed by atoms with van der Waals surface area (Å²) in [6.45, 7) is 0.348. The van der Waals surface area contributed by atoms with E-state index in [0.717, 1.165) is 5.69 Å². The lowest BCUT2D eigenvalue weighted by molar-refractivity contribution is 0.170. The fourth-order valence-electron chi connectivity index (χ4n) is 0.639. The van der Waals surface area contributed by atoms with Crippen molar-refractivity contribution in [3.63, 3.8) is 0 Å². The van der Waals surface area contributed by atoms with Gasteiger partial charge in [-0.1, -0.05) is 0 Å². The van der Waals surface area contributed by atoms with Gasteiger partial charge in [0.2, 0.25) is 0 Å². The van der Waals surface area contributed by atoms with Crippen LogP contribution in [0.1, 0.15) is 5.69 Å². The second-order valence-corrected chi connectivity index (χ2v) is 2.91. The molecule has 5 nitrogen and oxygen atoms in total. The molecule has 0 atom stereocenters. The van der Waals surface area contributed by atoms with Crippen LogP contribution < -0.4 is 11.1 Å². The Morgan fingerprint density at radius 3 is 3.17 bits per heavy atom. The number of aromatic nitrogens is 1. The maximum atomic E-state index is 10.6. The molecule has 1 aromatic rings. The molecule has 1 amide bonds. The molecule has 66 valence electrons. The summed E-state index contributed by atoms with van der Waals surface area (Å²) in [7, 11) is 1.31. The van der Waals surface area contributed by atoms with Crippen LogP contribution in [0.4, 0.5) is 9.93 Å². The molecule has 3 N–H and O–H groups in total. The average Bonchev–Trinajstić information content (AvgIpc) is 2.47. The topological polar surface area (TPSA) is 77.2 Å². The second kappa shape index (κ2) is 3.91. The van der Waals surface area contributed by atoms with Crippen LogP contribution in [-0.4, -0.2) is 18.2 Å². The van der Waals surface area contributed by atoms with E-state index in [1.807, 2.05) is 0 Å². The minimum absolute atomic E-state index is 0.348. The molecule has 0 aromatic carbocycles. The standard InChI is InChI=1S/C6H9N3O2S/c1-11-6(10)8-2-4-3-12-5(7)9-4/h3H,2H2,1H3,(H2,7,9)(H,8,10). The van der Waals surface area contributed by atoms with Gasteiger partial charge in [0, 0.05) is 5.38 Å². The van der Waals surface area contributed by atoms with Gasteiger partial charge in [0.05, 0.1) is 19.3 Å². The first-order chi connectivity index (χ1) is 5.72. The maximum Gasteiger partial charge on any atom is 0.407 e. The van der Waals surface area contributed by atoms with Crippen molar-refractivity contribution in [2.24, 2.45) is 0 Å². The molecule has 0 saturated carbocycles. The van der Waals surface area contributed by atoms with Crippen molar-refractivity contribution in [3.05, 3.63) is 11.1 Å². The van der Waals surface area contributed by atoms with Crippen molar-refractivity contribution in [2.75, 3.05) is 12.8 Å². The normalized spacial score (nSPS) is 9.42. The van der Waals surface area contributed by atoms with Gasteiger partial charge in [0.15, 0.2) is 5.13 Å². The number of amides is 1. The molecule has 0 fully saturated rings. The third kappa shape index (κ3) is 2.39. The first-order valence-electron chi connectivity index (χ1n) is 3.24. The summed E-state index contributed by atoms with van der Waals surface area (Å²) in [5.41, 5.74) is 6.12. The zero-order valence-electron chi connectivity index (χ0n) is 6.53. The van der Waals surface area contributed by atoms with Gasteiger partial charge in [-0.15, -0.1) is 11.3 Å². The van der Waals surface area contributed by atoms with Crippen molar-refractivity contribution in [2.45, 2.75) is 6.54 Å². The number of carbonyl (C=O) groups is 1. The first kappa shape index (κ1) is 8.79. The smallest absolute Gasteiger partial charge is 0.407 e. The first-order valence-corrected chi connectivity index (χ1v) is 4.12. The van der Waals surface area contributed by atoms with Crippen LogP contribution in [0.2, 0.25) is 0 Å². The Morgan fingerprint density at radius 1 is 1.92 bits per heavy atom. The number of rotatable bonds is 2. The minimum Gasteiger partial charge on any atom is -0.453 e. The van der Waals surface area contributed by atoms with E-state index >= 15 is 0 Å². The van der Waals surface area contributed by atoms with Crippen molar-refractivity contribution >= 4 is 22.6 Å². The fraction of sp³-hybridized carbons (Fsp3) is 0.333. The average molecular weight is 187 g/mol. The number of thiazole rings is 1. The number of carbonyl (C=O) groups excluding carboxylic acids is 1. The molecule has 0 saturated heterocycles. The Morgan fingerprint density at radius 2 is 2.67 bits per heavy atom. The van der Waals surface area contributed by atoms with Gasteiger partial charge in [0.1, 0.15) is 0 Å². The van der Waals surface area contributed by atoms with E-state index in [2.05, 4.69) is 15.0 Å². The summed E-state index contributed by atoms with van der Waals surface area (Å²) in [5, 5.41) is 4.77. The number of nitrogens with zero attached hydrogens (tertiary/aromatic N) is 1. The third-order valence-corrected chi connectivity index (χ3v) is 1.89. The van der Waals surface area contributed by atoms with E-state index in [9.17, 15) is 4.79 Å². The molecule has 1 rings (SSSR count). The molecule has 0 radical (unpaired) electrons. The highest BCUT2D eigenvalue weighted by Gasteiger charge is 2.01. The van der Waals surface area contributed by atoms with E-state index in [0.29, 0.717) is 11.7 Å². The zero-order chi connectivity index (χ0) is 8.97. The molecule has 0 unspecified atom stereocenters. The SMILES string of the molecule is COC(=O)NCc1csc(N)n1. The van der Waals surface area contributed by atoms with Crippen LogP contribution in [0, 0.1) is 0 Å². The van der Waals surface area contributed by atoms with Gasteiger partial charge in [-0.25, -0.2) is 9.78 Å². The Hall–Kier alpha value is -1.30. The van der Waals surface area contributed by atoms with Gasteiger partial charge in [-0.3, -0.25) is 0 Å². The van der Waals surface area contributed by atoms with E-state index in [4.69, 9.17) is 5.73 Å². The Kier molecular flexibility index (Phi) is 2.87. The number of nitrogens with one attached hydrogen (secondary N) is 1. The van der Waals surface area contributed by atoms with E-state index < -0.39 is 6.09 Å². The van der Waals surface area contributed by atoms with E-state index in [1.54, 1.807) is 5.38 Å². The number of methoxy groups -OCH3 is 1. The zero-order valence-corrected chi connectivity index (χ0v) is 7.35. The summed E-state index contributed by atoms with van der Waals surface area (Å²) in [6.07, 6.45) is -0.471. The molecule has 0 spiro atoms. The fourth-order valence-corrected chi connectivity index (χ4v) is 1.20. The quantitative estimate of drug-likeness (QED) is 0.710. The predicted octanol–water partition coefficient (Wildman–Crippen LogP) is 0.581. The largest absolute Gasteiger partial charge is 0.453 e. The number of anilines is 1. The van der Waals surface area contributed by atoms with Crippen molar-refractivity contribution < 1.29 is 9.53 Å². The molecule has 12 heavy (non-hydrogen) atoms. The van der Waals surface area contributed by atoms with Gasteiger partial charge >= 0.3 is 6.09 Å². The van der Waals surface area contributed by atoms with Crippen LogP contribution >= 0.6 is 11.3 Å². The van der Waals surface area contributed by atoms with Gasteiger partial charge in [-0.05, 0) is 0 Å². The van der Waals surface area contributed by atoms with Gasteiger partial charge in [0.25, 0.3) is 0 Å². The summed E-state index contributed by atoms with van der Waals surface area (Å²) in [6, 6.07) is 0. The highest BCUT2D eigenvalue weighted by Crippen LogP contribution is 2.10. The number of ether oxygens (including phenoxy) is 1. The molecule has 0 aliphatic rings. The monoisotopic (exact) mass is 187 g/mol. The molecule has 0 aliphatic carbocycles. The lowest BCUT2D eigenvalue weighted by Crippen LogP contribution is -2.22. The molecule has 0 aliphatic heterocycles. The molecule has 6 heteroatoms. The number of nitrogens with two attached hydrogens (primary N) is 1. The highest BCUT2D eigenvalue weighted by molar-refractivity contribution is 7.13. The second-order valence-electron chi connectivity index (χ2n) is 2.02. The van der Waals surface area contributed by atoms with Crippen LogP contribution in [0.3, 0.4) is 0 Å². The van der Waals surface area contributed by atoms with E-state index in [1.165, 1.54) is 18.4 Å². The molecule has 0 bridgehead atoms. The van der Waals surface area contributed by atoms with Crippen molar-refractivity contribution in [1.82, 2.24) is 10.3 Å². The number of alkyl carbamates (subject to hydrolysis) is 1. The summed E-state index contributed by atoms with van der Waals surface area (Å²) < 4.78 is 4.37. The van der Waals surface area contributed by atoms with Crippen LogP contribution in [0.15, 0.2) is 5.38 Å². The Balaban J connectivity index is 2.38. The number of nitrogen functional groups attached to an aromatic ring is 1. The Labute approximate surface area is 73.6 Å². The summed E-state index contributed by atoms with van der Waals surface area (Å²) in [5.74, 6) is 0. The van der Waals surface area contributed by atoms with Crippen molar-refractivity contribution in [1.29, 1.82) is 0 Å². The number of hydrogen-bond donors (Lipinski definition) is 2. The molecule has 1 aromatic heterocycles. The van der Waals surface area contributed by atoms with Gasteiger partial charge < -0.3 is 15.8 Å².